The summed E-state index contributed by atoms with van der Waals surface area (Å²) < 4.78 is 12.2. The van der Waals surface area contributed by atoms with E-state index in [9.17, 15) is 4.79 Å². The molecule has 0 saturated carbocycles. The van der Waals surface area contributed by atoms with Gasteiger partial charge in [0.2, 0.25) is 0 Å². The third-order valence-corrected chi connectivity index (χ3v) is 8.02. The van der Waals surface area contributed by atoms with Crippen molar-refractivity contribution in [3.63, 3.8) is 0 Å². The first-order valence-electron chi connectivity index (χ1n) is 11.1. The van der Waals surface area contributed by atoms with Crippen LogP contribution < -0.4 is 14.4 Å². The first kappa shape index (κ1) is 26.9. The van der Waals surface area contributed by atoms with Crippen LogP contribution in [0.15, 0.2) is 58.4 Å². The number of hydrogen-bond donors (Lipinski definition) is 0. The lowest BCUT2D eigenvalue weighted by Crippen LogP contribution is -2.28. The van der Waals surface area contributed by atoms with Crippen LogP contribution in [0.1, 0.15) is 23.6 Å². The van der Waals surface area contributed by atoms with E-state index in [-0.39, 0.29) is 5.91 Å². The zero-order chi connectivity index (χ0) is 26.0. The predicted molar refractivity (Wildman–Crippen MR) is 159 cm³/mol. The Morgan fingerprint density at radius 3 is 2.39 bits per heavy atom. The molecule has 186 valence electrons. The summed E-state index contributed by atoms with van der Waals surface area (Å²) in [4.78, 5) is 20.5. The zero-order valence-corrected chi connectivity index (χ0v) is 24.6. The number of rotatable bonds is 6. The number of aryl methyl sites for hydroxylation is 2. The van der Waals surface area contributed by atoms with Gasteiger partial charge in [-0.1, -0.05) is 35.3 Å². The SMILES string of the molecule is CCOc1c(I)cc(/C=C2/SC(=Nc3ccc(C)c(Cl)c3)N(c3ccc(C)c(Cl)c3)C2=O)cc1OC. The first-order chi connectivity index (χ1) is 17.2. The van der Waals surface area contributed by atoms with E-state index in [2.05, 4.69) is 22.6 Å². The van der Waals surface area contributed by atoms with E-state index in [1.165, 1.54) is 11.8 Å². The number of ether oxygens (including phenoxy) is 2. The van der Waals surface area contributed by atoms with E-state index in [0.717, 1.165) is 20.3 Å². The van der Waals surface area contributed by atoms with Crippen molar-refractivity contribution in [2.75, 3.05) is 18.6 Å². The van der Waals surface area contributed by atoms with E-state index >= 15 is 0 Å². The molecule has 36 heavy (non-hydrogen) atoms. The standard InChI is InChI=1S/C27H23Cl2IN2O3S/c1-5-35-25-22(30)10-17(11-23(25)34-4)12-24-26(33)32(19-9-7-16(3)21(29)14-19)27(36-24)31-18-8-6-15(2)20(28)13-18/h6-14H,5H2,1-4H3/b24-12+,31-27?. The van der Waals surface area contributed by atoms with E-state index in [0.29, 0.717) is 49.6 Å². The third kappa shape index (κ3) is 5.69. The third-order valence-electron chi connectivity index (χ3n) is 5.44. The van der Waals surface area contributed by atoms with Gasteiger partial charge in [0.25, 0.3) is 5.91 Å². The first-order valence-corrected chi connectivity index (χ1v) is 13.7. The normalized spacial score (nSPS) is 15.8. The molecule has 0 atom stereocenters. The maximum absolute atomic E-state index is 13.7. The molecule has 1 saturated heterocycles. The maximum Gasteiger partial charge on any atom is 0.271 e. The second kappa shape index (κ2) is 11.5. The molecular formula is C27H23Cl2IN2O3S. The minimum Gasteiger partial charge on any atom is -0.493 e. The van der Waals surface area contributed by atoms with E-state index < -0.39 is 0 Å². The highest BCUT2D eigenvalue weighted by molar-refractivity contribution is 14.1. The molecule has 0 unspecified atom stereocenters. The topological polar surface area (TPSA) is 51.1 Å². The van der Waals surface area contributed by atoms with E-state index in [1.54, 1.807) is 24.1 Å². The number of amides is 1. The fraction of sp³-hybridized carbons (Fsp3) is 0.185. The van der Waals surface area contributed by atoms with Crippen molar-refractivity contribution < 1.29 is 14.3 Å². The Morgan fingerprint density at radius 1 is 1.06 bits per heavy atom. The number of amidine groups is 1. The Balaban J connectivity index is 1.80. The summed E-state index contributed by atoms with van der Waals surface area (Å²) in [6, 6.07) is 14.9. The van der Waals surface area contributed by atoms with Gasteiger partial charge in [-0.15, -0.1) is 0 Å². The molecule has 1 amide bonds. The average Bonchev–Trinajstić information content (AvgIpc) is 3.14. The van der Waals surface area contributed by atoms with Gasteiger partial charge in [-0.3, -0.25) is 9.69 Å². The van der Waals surface area contributed by atoms with Crippen molar-refractivity contribution in [3.8, 4) is 11.5 Å². The van der Waals surface area contributed by atoms with Crippen molar-refractivity contribution in [1.82, 2.24) is 0 Å². The highest BCUT2D eigenvalue weighted by Gasteiger charge is 2.35. The fourth-order valence-corrected chi connectivity index (χ4v) is 5.65. The van der Waals surface area contributed by atoms with Crippen molar-refractivity contribution >= 4 is 86.1 Å². The van der Waals surface area contributed by atoms with Crippen LogP contribution in [0.5, 0.6) is 11.5 Å². The Kier molecular flexibility index (Phi) is 8.55. The number of anilines is 1. The lowest BCUT2D eigenvalue weighted by atomic mass is 10.1. The monoisotopic (exact) mass is 652 g/mol. The van der Waals surface area contributed by atoms with Gasteiger partial charge in [0.15, 0.2) is 16.7 Å². The second-order valence-corrected chi connectivity index (χ2v) is 11.0. The summed E-state index contributed by atoms with van der Waals surface area (Å²) in [6.07, 6.45) is 1.83. The highest BCUT2D eigenvalue weighted by atomic mass is 127. The van der Waals surface area contributed by atoms with Crippen LogP contribution in [-0.2, 0) is 4.79 Å². The van der Waals surface area contributed by atoms with Gasteiger partial charge in [0.05, 0.1) is 33.6 Å². The largest absolute Gasteiger partial charge is 0.493 e. The maximum atomic E-state index is 13.7. The molecule has 1 aliphatic rings. The number of hydrogen-bond acceptors (Lipinski definition) is 5. The number of aliphatic imine (C=N–C) groups is 1. The minimum atomic E-state index is -0.195. The van der Waals surface area contributed by atoms with Gasteiger partial charge >= 0.3 is 0 Å². The molecule has 1 heterocycles. The smallest absolute Gasteiger partial charge is 0.271 e. The molecule has 0 aliphatic carbocycles. The molecule has 3 aromatic carbocycles. The molecule has 9 heteroatoms. The van der Waals surface area contributed by atoms with Crippen LogP contribution in [0.3, 0.4) is 0 Å². The van der Waals surface area contributed by atoms with Gasteiger partial charge in [0, 0.05) is 10.0 Å². The van der Waals surface area contributed by atoms with Crippen molar-refractivity contribution in [2.45, 2.75) is 20.8 Å². The number of halogens is 3. The van der Waals surface area contributed by atoms with Gasteiger partial charge in [-0.25, -0.2) is 4.99 Å². The molecule has 0 N–H and O–H groups in total. The Hall–Kier alpha value is -2.20. The molecule has 0 radical (unpaired) electrons. The van der Waals surface area contributed by atoms with Gasteiger partial charge in [-0.2, -0.15) is 0 Å². The van der Waals surface area contributed by atoms with Crippen molar-refractivity contribution in [3.05, 3.63) is 83.7 Å². The number of carbonyl (C=O) groups excluding carboxylic acids is 1. The summed E-state index contributed by atoms with van der Waals surface area (Å²) in [6.45, 7) is 6.30. The van der Waals surface area contributed by atoms with Crippen LogP contribution in [0.4, 0.5) is 11.4 Å². The van der Waals surface area contributed by atoms with E-state index in [1.807, 2.05) is 63.2 Å². The van der Waals surface area contributed by atoms with Gasteiger partial charge in [-0.05, 0) is 114 Å². The van der Waals surface area contributed by atoms with Gasteiger partial charge < -0.3 is 9.47 Å². The van der Waals surface area contributed by atoms with Crippen LogP contribution in [0.2, 0.25) is 10.0 Å². The number of carbonyl (C=O) groups is 1. The number of nitrogens with zero attached hydrogens (tertiary/aromatic N) is 2. The molecule has 0 bridgehead atoms. The fourth-order valence-electron chi connectivity index (χ4n) is 3.52. The Labute approximate surface area is 238 Å². The molecule has 0 aromatic heterocycles. The van der Waals surface area contributed by atoms with Crippen molar-refractivity contribution in [2.24, 2.45) is 4.99 Å². The quantitative estimate of drug-likeness (QED) is 0.198. The zero-order valence-electron chi connectivity index (χ0n) is 20.1. The average molecular weight is 653 g/mol. The van der Waals surface area contributed by atoms with E-state index in [4.69, 9.17) is 37.7 Å². The van der Waals surface area contributed by atoms with Crippen LogP contribution >= 0.6 is 57.6 Å². The number of methoxy groups -OCH3 is 1. The predicted octanol–water partition coefficient (Wildman–Crippen LogP) is 8.43. The molecule has 1 aliphatic heterocycles. The number of benzene rings is 3. The summed E-state index contributed by atoms with van der Waals surface area (Å²) in [5.41, 5.74) is 4.00. The molecule has 3 aromatic rings. The Morgan fingerprint density at radius 2 is 1.75 bits per heavy atom. The second-order valence-electron chi connectivity index (χ2n) is 7.98. The lowest BCUT2D eigenvalue weighted by Gasteiger charge is -2.16. The summed E-state index contributed by atoms with van der Waals surface area (Å²) in [7, 11) is 1.60. The van der Waals surface area contributed by atoms with Crippen LogP contribution in [0, 0.1) is 17.4 Å². The summed E-state index contributed by atoms with van der Waals surface area (Å²) >= 11 is 16.2. The molecular weight excluding hydrogens is 630 g/mol. The Bertz CT molecular complexity index is 1410. The minimum absolute atomic E-state index is 0.195. The van der Waals surface area contributed by atoms with Gasteiger partial charge in [0.1, 0.15) is 0 Å². The summed E-state index contributed by atoms with van der Waals surface area (Å²) in [5.74, 6) is 1.10. The molecule has 1 fully saturated rings. The highest BCUT2D eigenvalue weighted by Crippen LogP contribution is 2.40. The van der Waals surface area contributed by atoms with Crippen molar-refractivity contribution in [1.29, 1.82) is 0 Å². The molecule has 4 rings (SSSR count). The molecule has 0 spiro atoms. The molecule has 5 nitrogen and oxygen atoms in total. The lowest BCUT2D eigenvalue weighted by molar-refractivity contribution is -0.113. The van der Waals surface area contributed by atoms with Crippen LogP contribution in [0.25, 0.3) is 6.08 Å². The number of thioether (sulfide) groups is 1. The van der Waals surface area contributed by atoms with Crippen LogP contribution in [-0.4, -0.2) is 24.8 Å². The summed E-state index contributed by atoms with van der Waals surface area (Å²) in [5, 5.41) is 1.70.